The van der Waals surface area contributed by atoms with Crippen molar-refractivity contribution in [3.63, 3.8) is 0 Å². The number of nitrogens with zero attached hydrogens (tertiary/aromatic N) is 1. The molecular formula is C11H15FN2S. The van der Waals surface area contributed by atoms with E-state index in [0.29, 0.717) is 11.3 Å². The van der Waals surface area contributed by atoms with Crippen molar-refractivity contribution in [3.05, 3.63) is 29.6 Å². The Kier molecular flexibility index (Phi) is 4.03. The van der Waals surface area contributed by atoms with Crippen LogP contribution in [0.5, 0.6) is 0 Å². The molecule has 0 spiro atoms. The summed E-state index contributed by atoms with van der Waals surface area (Å²) in [6, 6.07) is 4.83. The van der Waals surface area contributed by atoms with Gasteiger partial charge in [-0.3, -0.25) is 0 Å². The lowest BCUT2D eigenvalue weighted by molar-refractivity contribution is 0.621. The van der Waals surface area contributed by atoms with E-state index in [1.54, 1.807) is 12.1 Å². The average Bonchev–Trinajstić information content (AvgIpc) is 2.17. The second kappa shape index (κ2) is 5.07. The maximum absolute atomic E-state index is 13.6. The maximum Gasteiger partial charge on any atom is 0.147 e. The Labute approximate surface area is 94.9 Å². The van der Waals surface area contributed by atoms with Crippen molar-refractivity contribution >= 4 is 22.9 Å². The zero-order valence-corrected chi connectivity index (χ0v) is 9.77. The maximum atomic E-state index is 13.6. The predicted octanol–water partition coefficient (Wildman–Crippen LogP) is 2.31. The molecule has 0 amide bonds. The monoisotopic (exact) mass is 226 g/mol. The minimum Gasteiger partial charge on any atom is -0.389 e. The molecule has 0 aromatic heterocycles. The first-order valence-electron chi connectivity index (χ1n) is 4.86. The van der Waals surface area contributed by atoms with Crippen molar-refractivity contribution in [2.24, 2.45) is 5.73 Å². The lowest BCUT2D eigenvalue weighted by Crippen LogP contribution is -2.19. The molecule has 15 heavy (non-hydrogen) atoms. The van der Waals surface area contributed by atoms with Gasteiger partial charge in [-0.25, -0.2) is 4.39 Å². The van der Waals surface area contributed by atoms with E-state index in [2.05, 4.69) is 6.92 Å². The fourth-order valence-corrected chi connectivity index (χ4v) is 1.55. The summed E-state index contributed by atoms with van der Waals surface area (Å²) in [6.07, 6.45) is 0.979. The highest BCUT2D eigenvalue weighted by atomic mass is 32.1. The first kappa shape index (κ1) is 11.9. The molecule has 0 aliphatic carbocycles. The van der Waals surface area contributed by atoms with Crippen LogP contribution >= 0.6 is 12.2 Å². The molecular weight excluding hydrogens is 211 g/mol. The smallest absolute Gasteiger partial charge is 0.147 e. The van der Waals surface area contributed by atoms with Crippen LogP contribution in [-0.2, 0) is 0 Å². The topological polar surface area (TPSA) is 29.3 Å². The summed E-state index contributed by atoms with van der Waals surface area (Å²) in [7, 11) is 1.86. The number of anilines is 1. The zero-order valence-electron chi connectivity index (χ0n) is 8.96. The first-order valence-corrected chi connectivity index (χ1v) is 5.27. The van der Waals surface area contributed by atoms with Crippen molar-refractivity contribution in [3.8, 4) is 0 Å². The third kappa shape index (κ3) is 2.89. The Hall–Kier alpha value is -1.16. The van der Waals surface area contributed by atoms with Gasteiger partial charge in [0.05, 0.1) is 5.69 Å². The summed E-state index contributed by atoms with van der Waals surface area (Å²) in [5.41, 5.74) is 6.56. The number of thiocarbonyl (C=S) groups is 1. The van der Waals surface area contributed by atoms with Crippen LogP contribution in [0.3, 0.4) is 0 Å². The summed E-state index contributed by atoms with van der Waals surface area (Å²) in [5, 5.41) is 0. The van der Waals surface area contributed by atoms with E-state index < -0.39 is 0 Å². The lowest BCUT2D eigenvalue weighted by Gasteiger charge is -2.19. The third-order valence-corrected chi connectivity index (χ3v) is 2.44. The van der Waals surface area contributed by atoms with Gasteiger partial charge in [-0.2, -0.15) is 0 Å². The molecule has 2 nitrogen and oxygen atoms in total. The molecule has 1 rings (SSSR count). The van der Waals surface area contributed by atoms with E-state index in [9.17, 15) is 4.39 Å². The van der Waals surface area contributed by atoms with Gasteiger partial charge in [-0.1, -0.05) is 19.1 Å². The largest absolute Gasteiger partial charge is 0.389 e. The molecule has 0 atom stereocenters. The molecule has 0 saturated carbocycles. The number of nitrogens with two attached hydrogens (primary N) is 1. The molecule has 0 aliphatic rings. The molecule has 0 radical (unpaired) electrons. The molecule has 0 fully saturated rings. The van der Waals surface area contributed by atoms with Crippen LogP contribution in [0.15, 0.2) is 18.2 Å². The molecule has 1 aromatic rings. The fourth-order valence-electron chi connectivity index (χ4n) is 1.43. The van der Waals surface area contributed by atoms with Gasteiger partial charge >= 0.3 is 0 Å². The van der Waals surface area contributed by atoms with Crippen molar-refractivity contribution in [1.29, 1.82) is 0 Å². The van der Waals surface area contributed by atoms with Gasteiger partial charge in [0.2, 0.25) is 0 Å². The zero-order chi connectivity index (χ0) is 11.4. The predicted molar refractivity (Wildman–Crippen MR) is 65.8 cm³/mol. The van der Waals surface area contributed by atoms with Crippen molar-refractivity contribution in [2.75, 3.05) is 18.5 Å². The average molecular weight is 226 g/mol. The van der Waals surface area contributed by atoms with Crippen LogP contribution in [0.2, 0.25) is 0 Å². The highest BCUT2D eigenvalue weighted by Gasteiger charge is 2.08. The van der Waals surface area contributed by atoms with E-state index in [1.807, 2.05) is 11.9 Å². The lowest BCUT2D eigenvalue weighted by atomic mass is 10.2. The summed E-state index contributed by atoms with van der Waals surface area (Å²) < 4.78 is 13.6. The Morgan fingerprint density at radius 1 is 1.53 bits per heavy atom. The van der Waals surface area contributed by atoms with Crippen LogP contribution in [0.4, 0.5) is 10.1 Å². The molecule has 0 saturated heterocycles. The second-order valence-electron chi connectivity index (χ2n) is 3.45. The Bertz CT molecular complexity index is 366. The van der Waals surface area contributed by atoms with Crippen molar-refractivity contribution in [1.82, 2.24) is 0 Å². The molecule has 82 valence electrons. The Morgan fingerprint density at radius 2 is 2.20 bits per heavy atom. The van der Waals surface area contributed by atoms with Crippen LogP contribution < -0.4 is 10.6 Å². The van der Waals surface area contributed by atoms with Gasteiger partial charge in [-0.05, 0) is 24.6 Å². The van der Waals surface area contributed by atoms with Gasteiger partial charge in [0.15, 0.2) is 0 Å². The van der Waals surface area contributed by atoms with Crippen LogP contribution in [-0.4, -0.2) is 18.6 Å². The quantitative estimate of drug-likeness (QED) is 0.799. The van der Waals surface area contributed by atoms with E-state index in [-0.39, 0.29) is 10.8 Å². The number of hydrogen-bond acceptors (Lipinski definition) is 2. The number of halogens is 1. The summed E-state index contributed by atoms with van der Waals surface area (Å²) >= 11 is 4.78. The number of benzene rings is 1. The molecule has 0 heterocycles. The van der Waals surface area contributed by atoms with Gasteiger partial charge in [-0.15, -0.1) is 0 Å². The van der Waals surface area contributed by atoms with Gasteiger partial charge in [0.1, 0.15) is 10.8 Å². The number of hydrogen-bond donors (Lipinski definition) is 1. The van der Waals surface area contributed by atoms with Crippen LogP contribution in [0.25, 0.3) is 0 Å². The molecule has 0 bridgehead atoms. The normalized spacial score (nSPS) is 10.1. The van der Waals surface area contributed by atoms with E-state index >= 15 is 0 Å². The second-order valence-corrected chi connectivity index (χ2v) is 3.89. The van der Waals surface area contributed by atoms with E-state index in [4.69, 9.17) is 18.0 Å². The third-order valence-electron chi connectivity index (χ3n) is 2.20. The first-order chi connectivity index (χ1) is 7.06. The number of rotatable bonds is 4. The fraction of sp³-hybridized carbons (Fsp3) is 0.364. The van der Waals surface area contributed by atoms with Crippen LogP contribution in [0, 0.1) is 5.82 Å². The van der Waals surface area contributed by atoms with Crippen molar-refractivity contribution in [2.45, 2.75) is 13.3 Å². The highest BCUT2D eigenvalue weighted by molar-refractivity contribution is 7.80. The van der Waals surface area contributed by atoms with Gasteiger partial charge in [0, 0.05) is 19.2 Å². The minimum absolute atomic E-state index is 0.221. The van der Waals surface area contributed by atoms with E-state index in [1.165, 1.54) is 6.07 Å². The van der Waals surface area contributed by atoms with Gasteiger partial charge in [0.25, 0.3) is 0 Å². The molecule has 0 aliphatic heterocycles. The van der Waals surface area contributed by atoms with E-state index in [0.717, 1.165) is 13.0 Å². The molecule has 1 aromatic carbocycles. The molecule has 2 N–H and O–H groups in total. The summed E-state index contributed by atoms with van der Waals surface area (Å²) in [5.74, 6) is -0.281. The Balaban J connectivity index is 2.97. The summed E-state index contributed by atoms with van der Waals surface area (Å²) in [6.45, 7) is 2.88. The standard InChI is InChI=1S/C11H15FN2S/c1-3-6-14(2)10-5-4-8(11(13)15)7-9(10)12/h4-5,7H,3,6H2,1-2H3,(H2,13,15). The SMILES string of the molecule is CCCN(C)c1ccc(C(N)=S)cc1F. The highest BCUT2D eigenvalue weighted by Crippen LogP contribution is 2.19. The van der Waals surface area contributed by atoms with Crippen molar-refractivity contribution < 1.29 is 4.39 Å². The molecule has 4 heteroatoms. The minimum atomic E-state index is -0.281. The Morgan fingerprint density at radius 3 is 2.67 bits per heavy atom. The van der Waals surface area contributed by atoms with Gasteiger partial charge < -0.3 is 10.6 Å². The molecule has 0 unspecified atom stereocenters. The summed E-state index contributed by atoms with van der Waals surface area (Å²) in [4.78, 5) is 2.09. The van der Waals surface area contributed by atoms with Crippen LogP contribution in [0.1, 0.15) is 18.9 Å².